The maximum Gasteiger partial charge on any atom is 0.220 e. The molecular weight excluding hydrogens is 247 g/mol. The molecule has 0 radical (unpaired) electrons. The monoisotopic (exact) mass is 256 g/mol. The van der Waals surface area contributed by atoms with E-state index in [9.17, 15) is 4.39 Å². The smallest absolute Gasteiger partial charge is 0.220 e. The van der Waals surface area contributed by atoms with E-state index in [1.165, 1.54) is 18.5 Å². The van der Waals surface area contributed by atoms with Gasteiger partial charge in [-0.25, -0.2) is 19.3 Å². The lowest BCUT2D eigenvalue weighted by Crippen LogP contribution is -1.95. The number of anilines is 1. The second-order valence-corrected chi connectivity index (χ2v) is 3.84. The lowest BCUT2D eigenvalue weighted by Gasteiger charge is -2.01. The molecular formula is C13H9FN4O. The van der Waals surface area contributed by atoms with Crippen molar-refractivity contribution in [3.8, 4) is 22.7 Å². The molecule has 0 amide bonds. The Balaban J connectivity index is 2.10. The predicted octanol–water partition coefficient (Wildman–Crippen LogP) is 2.52. The Labute approximate surface area is 108 Å². The molecule has 3 aromatic rings. The van der Waals surface area contributed by atoms with E-state index in [4.69, 9.17) is 10.2 Å². The second-order valence-electron chi connectivity index (χ2n) is 3.84. The summed E-state index contributed by atoms with van der Waals surface area (Å²) in [5.74, 6) is 0.361. The maximum absolute atomic E-state index is 12.9. The molecule has 5 nitrogen and oxygen atoms in total. The Morgan fingerprint density at radius 2 is 1.84 bits per heavy atom. The summed E-state index contributed by atoms with van der Waals surface area (Å²) >= 11 is 0. The van der Waals surface area contributed by atoms with Crippen molar-refractivity contribution in [1.82, 2.24) is 15.0 Å². The summed E-state index contributed by atoms with van der Waals surface area (Å²) in [4.78, 5) is 12.0. The van der Waals surface area contributed by atoms with Crippen LogP contribution < -0.4 is 5.73 Å². The quantitative estimate of drug-likeness (QED) is 0.762. The van der Waals surface area contributed by atoms with Crippen LogP contribution in [0.25, 0.3) is 22.7 Å². The summed E-state index contributed by atoms with van der Waals surface area (Å²) in [6.45, 7) is 0. The van der Waals surface area contributed by atoms with Gasteiger partial charge in [-0.2, -0.15) is 0 Å². The third-order valence-electron chi connectivity index (χ3n) is 2.59. The molecule has 2 aromatic heterocycles. The van der Waals surface area contributed by atoms with Crippen molar-refractivity contribution < 1.29 is 8.81 Å². The van der Waals surface area contributed by atoms with E-state index in [-0.39, 0.29) is 11.8 Å². The lowest BCUT2D eigenvalue weighted by atomic mass is 10.1. The van der Waals surface area contributed by atoms with Crippen molar-refractivity contribution in [1.29, 1.82) is 0 Å². The average Bonchev–Trinajstić information content (AvgIpc) is 2.89. The standard InChI is InChI=1S/C13H9FN4O/c14-9-3-1-8(2-4-9)12-11(17-7-19-12)10-5-6-16-13(15)18-10/h1-7H,(H2,15,16,18). The predicted molar refractivity (Wildman–Crippen MR) is 67.3 cm³/mol. The summed E-state index contributed by atoms with van der Waals surface area (Å²) in [5.41, 5.74) is 7.36. The van der Waals surface area contributed by atoms with Gasteiger partial charge in [0, 0.05) is 11.8 Å². The van der Waals surface area contributed by atoms with Crippen molar-refractivity contribution in [3.63, 3.8) is 0 Å². The van der Waals surface area contributed by atoms with Gasteiger partial charge in [-0.05, 0) is 30.3 Å². The summed E-state index contributed by atoms with van der Waals surface area (Å²) in [7, 11) is 0. The van der Waals surface area contributed by atoms with Crippen LogP contribution >= 0.6 is 0 Å². The van der Waals surface area contributed by atoms with Gasteiger partial charge < -0.3 is 10.2 Å². The molecule has 0 bridgehead atoms. The van der Waals surface area contributed by atoms with Gasteiger partial charge in [0.05, 0.1) is 5.69 Å². The van der Waals surface area contributed by atoms with Gasteiger partial charge in [-0.3, -0.25) is 0 Å². The van der Waals surface area contributed by atoms with Crippen molar-refractivity contribution in [2.24, 2.45) is 0 Å². The minimum atomic E-state index is -0.309. The van der Waals surface area contributed by atoms with Crippen LogP contribution in [0.15, 0.2) is 47.3 Å². The van der Waals surface area contributed by atoms with Crippen LogP contribution in [0.1, 0.15) is 0 Å². The van der Waals surface area contributed by atoms with Crippen molar-refractivity contribution in [2.45, 2.75) is 0 Å². The van der Waals surface area contributed by atoms with E-state index in [1.54, 1.807) is 24.4 Å². The second kappa shape index (κ2) is 4.49. The van der Waals surface area contributed by atoms with Gasteiger partial charge in [0.1, 0.15) is 11.5 Å². The fourth-order valence-electron chi connectivity index (χ4n) is 1.74. The Kier molecular flexibility index (Phi) is 2.68. The van der Waals surface area contributed by atoms with Crippen molar-refractivity contribution >= 4 is 5.95 Å². The summed E-state index contributed by atoms with van der Waals surface area (Å²) in [6.07, 6.45) is 2.85. The van der Waals surface area contributed by atoms with E-state index in [2.05, 4.69) is 15.0 Å². The highest BCUT2D eigenvalue weighted by molar-refractivity contribution is 5.74. The molecule has 3 rings (SSSR count). The number of hydrogen-bond acceptors (Lipinski definition) is 5. The van der Waals surface area contributed by atoms with Crippen LogP contribution in [0.4, 0.5) is 10.3 Å². The number of hydrogen-bond donors (Lipinski definition) is 1. The number of aromatic nitrogens is 3. The first-order valence-corrected chi connectivity index (χ1v) is 5.52. The van der Waals surface area contributed by atoms with Crippen LogP contribution in [0.2, 0.25) is 0 Å². The largest absolute Gasteiger partial charge is 0.443 e. The van der Waals surface area contributed by atoms with E-state index in [0.717, 1.165) is 0 Å². The first kappa shape index (κ1) is 11.3. The normalized spacial score (nSPS) is 10.6. The molecule has 0 aliphatic carbocycles. The van der Waals surface area contributed by atoms with Gasteiger partial charge in [0.2, 0.25) is 5.95 Å². The van der Waals surface area contributed by atoms with Crippen LogP contribution in [0.3, 0.4) is 0 Å². The fourth-order valence-corrected chi connectivity index (χ4v) is 1.74. The van der Waals surface area contributed by atoms with Crippen LogP contribution in [-0.2, 0) is 0 Å². The summed E-state index contributed by atoms with van der Waals surface area (Å²) < 4.78 is 18.3. The molecule has 2 N–H and O–H groups in total. The van der Waals surface area contributed by atoms with Crippen LogP contribution in [-0.4, -0.2) is 15.0 Å². The Hall–Kier alpha value is -2.76. The SMILES string of the molecule is Nc1nccc(-c2ncoc2-c2ccc(F)cc2)n1. The zero-order chi connectivity index (χ0) is 13.2. The molecule has 2 heterocycles. The van der Waals surface area contributed by atoms with E-state index in [1.807, 2.05) is 0 Å². The minimum Gasteiger partial charge on any atom is -0.443 e. The van der Waals surface area contributed by atoms with Gasteiger partial charge in [0.15, 0.2) is 12.2 Å². The number of halogens is 1. The van der Waals surface area contributed by atoms with E-state index >= 15 is 0 Å². The van der Waals surface area contributed by atoms with Gasteiger partial charge >= 0.3 is 0 Å². The van der Waals surface area contributed by atoms with E-state index in [0.29, 0.717) is 22.7 Å². The van der Waals surface area contributed by atoms with Crippen LogP contribution in [0.5, 0.6) is 0 Å². The molecule has 0 aliphatic heterocycles. The summed E-state index contributed by atoms with van der Waals surface area (Å²) in [6, 6.07) is 7.63. The fraction of sp³-hybridized carbons (Fsp3) is 0. The molecule has 0 unspecified atom stereocenters. The summed E-state index contributed by atoms with van der Waals surface area (Å²) in [5, 5.41) is 0. The Morgan fingerprint density at radius 1 is 1.05 bits per heavy atom. The Morgan fingerprint density at radius 3 is 2.58 bits per heavy atom. The van der Waals surface area contributed by atoms with Crippen molar-refractivity contribution in [3.05, 3.63) is 48.7 Å². The number of oxazole rings is 1. The molecule has 0 saturated heterocycles. The number of nitrogen functional groups attached to an aromatic ring is 1. The molecule has 94 valence electrons. The topological polar surface area (TPSA) is 77.8 Å². The number of benzene rings is 1. The average molecular weight is 256 g/mol. The lowest BCUT2D eigenvalue weighted by molar-refractivity contribution is 0.571. The van der Waals surface area contributed by atoms with Gasteiger partial charge in [0.25, 0.3) is 0 Å². The molecule has 19 heavy (non-hydrogen) atoms. The van der Waals surface area contributed by atoms with Crippen molar-refractivity contribution in [2.75, 3.05) is 5.73 Å². The third kappa shape index (κ3) is 2.15. The zero-order valence-electron chi connectivity index (χ0n) is 9.75. The molecule has 0 fully saturated rings. The highest BCUT2D eigenvalue weighted by Gasteiger charge is 2.14. The molecule has 0 aliphatic rings. The van der Waals surface area contributed by atoms with Gasteiger partial charge in [-0.1, -0.05) is 0 Å². The number of rotatable bonds is 2. The highest BCUT2D eigenvalue weighted by atomic mass is 19.1. The molecule has 0 saturated carbocycles. The number of nitrogens with zero attached hydrogens (tertiary/aromatic N) is 3. The van der Waals surface area contributed by atoms with Gasteiger partial charge in [-0.15, -0.1) is 0 Å². The first-order chi connectivity index (χ1) is 9.24. The zero-order valence-corrected chi connectivity index (χ0v) is 9.75. The molecule has 0 atom stereocenters. The maximum atomic E-state index is 12.9. The first-order valence-electron chi connectivity index (χ1n) is 5.52. The molecule has 0 spiro atoms. The third-order valence-corrected chi connectivity index (χ3v) is 2.59. The molecule has 6 heteroatoms. The molecule has 1 aromatic carbocycles. The highest BCUT2D eigenvalue weighted by Crippen LogP contribution is 2.29. The van der Waals surface area contributed by atoms with E-state index < -0.39 is 0 Å². The van der Waals surface area contributed by atoms with Crippen LogP contribution in [0, 0.1) is 5.82 Å². The Bertz CT molecular complexity index is 709. The number of nitrogens with two attached hydrogens (primary N) is 1. The minimum absolute atomic E-state index is 0.158.